The first-order valence-corrected chi connectivity index (χ1v) is 10.9. The molecule has 2 aromatic carbocycles. The van der Waals surface area contributed by atoms with Crippen molar-refractivity contribution in [2.24, 2.45) is 0 Å². The average Bonchev–Trinajstić information content (AvgIpc) is 3.25. The van der Waals surface area contributed by atoms with Gasteiger partial charge in [0, 0.05) is 49.2 Å². The Balaban J connectivity index is 1.36. The van der Waals surface area contributed by atoms with E-state index in [4.69, 9.17) is 9.72 Å². The van der Waals surface area contributed by atoms with E-state index in [0.717, 1.165) is 61.1 Å². The molecular formula is C25H25N5O2. The number of morpholine rings is 1. The van der Waals surface area contributed by atoms with Crippen LogP contribution in [0, 0.1) is 0 Å². The number of nitrogens with one attached hydrogen (secondary N) is 1. The number of ether oxygens (including phenoxy) is 1. The van der Waals surface area contributed by atoms with E-state index in [0.29, 0.717) is 12.1 Å². The van der Waals surface area contributed by atoms with Crippen molar-refractivity contribution in [3.8, 4) is 17.1 Å². The predicted molar refractivity (Wildman–Crippen MR) is 124 cm³/mol. The molecule has 0 spiro atoms. The number of nitrogens with zero attached hydrogens (tertiary/aromatic N) is 4. The van der Waals surface area contributed by atoms with Crippen LogP contribution in [0.5, 0.6) is 0 Å². The zero-order valence-corrected chi connectivity index (χ0v) is 17.8. The van der Waals surface area contributed by atoms with Crippen molar-refractivity contribution in [3.05, 3.63) is 78.5 Å². The highest BCUT2D eigenvalue weighted by molar-refractivity contribution is 5.94. The van der Waals surface area contributed by atoms with Crippen molar-refractivity contribution in [2.45, 2.75) is 0 Å². The van der Waals surface area contributed by atoms with Gasteiger partial charge in [-0.2, -0.15) is 0 Å². The summed E-state index contributed by atoms with van der Waals surface area (Å²) in [5.74, 6) is 0.753. The number of aromatic nitrogens is 3. The highest BCUT2D eigenvalue weighted by atomic mass is 16.5. The van der Waals surface area contributed by atoms with E-state index in [2.05, 4.69) is 15.2 Å². The molecule has 1 aliphatic rings. The van der Waals surface area contributed by atoms with E-state index in [9.17, 15) is 4.79 Å². The van der Waals surface area contributed by atoms with Gasteiger partial charge in [0.05, 0.1) is 13.2 Å². The Hall–Kier alpha value is -3.55. The second kappa shape index (κ2) is 9.30. The number of rotatable bonds is 6. The first-order valence-electron chi connectivity index (χ1n) is 10.9. The van der Waals surface area contributed by atoms with Crippen LogP contribution in [0.4, 0.5) is 0 Å². The molecular weight excluding hydrogens is 402 g/mol. The lowest BCUT2D eigenvalue weighted by atomic mass is 10.1. The van der Waals surface area contributed by atoms with Crippen LogP contribution in [0.25, 0.3) is 28.2 Å². The lowest BCUT2D eigenvalue weighted by Gasteiger charge is -2.26. The van der Waals surface area contributed by atoms with Gasteiger partial charge in [0.25, 0.3) is 5.91 Å². The molecule has 0 bridgehead atoms. The first kappa shape index (κ1) is 20.4. The summed E-state index contributed by atoms with van der Waals surface area (Å²) in [4.78, 5) is 24.3. The fraction of sp³-hybridized carbons (Fsp3) is 0.240. The predicted octanol–water partition coefficient (Wildman–Crippen LogP) is 3.15. The molecule has 5 rings (SSSR count). The van der Waals surface area contributed by atoms with Crippen molar-refractivity contribution < 1.29 is 9.53 Å². The second-order valence-electron chi connectivity index (χ2n) is 7.74. The summed E-state index contributed by atoms with van der Waals surface area (Å²) < 4.78 is 7.39. The van der Waals surface area contributed by atoms with Gasteiger partial charge in [0.15, 0.2) is 5.65 Å². The SMILES string of the molecule is O=C(NCCN1CCOCC1)c1ccc(-n2c(-c3ccccc3)nc3cccnc32)cc1. The van der Waals surface area contributed by atoms with Crippen LogP contribution in [-0.4, -0.2) is 64.7 Å². The molecule has 4 aromatic rings. The molecule has 7 nitrogen and oxygen atoms in total. The quantitative estimate of drug-likeness (QED) is 0.512. The third-order valence-electron chi connectivity index (χ3n) is 5.65. The summed E-state index contributed by atoms with van der Waals surface area (Å²) in [7, 11) is 0. The summed E-state index contributed by atoms with van der Waals surface area (Å²) in [6.45, 7) is 4.81. The number of hydrogen-bond acceptors (Lipinski definition) is 5. The molecule has 0 saturated carbocycles. The maximum atomic E-state index is 12.6. The molecule has 0 radical (unpaired) electrons. The minimum atomic E-state index is -0.0679. The van der Waals surface area contributed by atoms with Gasteiger partial charge in [-0.1, -0.05) is 30.3 Å². The van der Waals surface area contributed by atoms with Crippen LogP contribution in [0.2, 0.25) is 0 Å². The highest BCUT2D eigenvalue weighted by Crippen LogP contribution is 2.27. The number of imidazole rings is 1. The largest absolute Gasteiger partial charge is 0.379 e. The second-order valence-corrected chi connectivity index (χ2v) is 7.74. The molecule has 1 fully saturated rings. The van der Waals surface area contributed by atoms with Crippen LogP contribution < -0.4 is 5.32 Å². The highest BCUT2D eigenvalue weighted by Gasteiger charge is 2.16. The number of hydrogen-bond donors (Lipinski definition) is 1. The maximum absolute atomic E-state index is 12.6. The fourth-order valence-corrected chi connectivity index (χ4v) is 3.95. The minimum Gasteiger partial charge on any atom is -0.379 e. The van der Waals surface area contributed by atoms with Crippen molar-refractivity contribution in [2.75, 3.05) is 39.4 Å². The molecule has 32 heavy (non-hydrogen) atoms. The Labute approximate surface area is 186 Å². The van der Waals surface area contributed by atoms with E-state index in [1.54, 1.807) is 6.20 Å². The number of amides is 1. The molecule has 0 aliphatic carbocycles. The number of pyridine rings is 1. The zero-order valence-electron chi connectivity index (χ0n) is 17.8. The van der Waals surface area contributed by atoms with E-state index in [-0.39, 0.29) is 5.91 Å². The number of fused-ring (bicyclic) bond motifs is 1. The Morgan fingerprint density at radius 2 is 1.75 bits per heavy atom. The molecule has 1 aliphatic heterocycles. The van der Waals surface area contributed by atoms with E-state index in [1.807, 2.05) is 71.3 Å². The summed E-state index contributed by atoms with van der Waals surface area (Å²) in [6.07, 6.45) is 1.77. The van der Waals surface area contributed by atoms with Crippen molar-refractivity contribution in [3.63, 3.8) is 0 Å². The minimum absolute atomic E-state index is 0.0679. The number of benzene rings is 2. The molecule has 1 N–H and O–H groups in total. The topological polar surface area (TPSA) is 72.3 Å². The molecule has 2 aromatic heterocycles. The third kappa shape index (κ3) is 4.26. The van der Waals surface area contributed by atoms with Crippen molar-refractivity contribution >= 4 is 17.1 Å². The van der Waals surface area contributed by atoms with Gasteiger partial charge in [0.2, 0.25) is 0 Å². The third-order valence-corrected chi connectivity index (χ3v) is 5.65. The lowest BCUT2D eigenvalue weighted by molar-refractivity contribution is 0.0383. The number of carbonyl (C=O) groups excluding carboxylic acids is 1. The standard InChI is InChI=1S/C25H25N5O2/c31-25(27-13-14-29-15-17-32-18-16-29)20-8-10-21(11-9-20)30-23(19-5-2-1-3-6-19)28-22-7-4-12-26-24(22)30/h1-12H,13-18H2,(H,27,31). The Morgan fingerprint density at radius 3 is 2.53 bits per heavy atom. The lowest BCUT2D eigenvalue weighted by Crippen LogP contribution is -2.41. The molecule has 0 unspecified atom stereocenters. The normalized spacial score (nSPS) is 14.5. The summed E-state index contributed by atoms with van der Waals surface area (Å²) in [5.41, 5.74) is 4.17. The summed E-state index contributed by atoms with van der Waals surface area (Å²) in [6, 6.07) is 21.5. The molecule has 1 saturated heterocycles. The molecule has 162 valence electrons. The molecule has 1 amide bonds. The van der Waals surface area contributed by atoms with Gasteiger partial charge >= 0.3 is 0 Å². The Morgan fingerprint density at radius 1 is 0.969 bits per heavy atom. The van der Waals surface area contributed by atoms with Crippen LogP contribution in [0.15, 0.2) is 72.9 Å². The average molecular weight is 428 g/mol. The van der Waals surface area contributed by atoms with Crippen LogP contribution in [0.1, 0.15) is 10.4 Å². The van der Waals surface area contributed by atoms with Crippen molar-refractivity contribution in [1.29, 1.82) is 0 Å². The van der Waals surface area contributed by atoms with Gasteiger partial charge in [-0.05, 0) is 36.4 Å². The fourth-order valence-electron chi connectivity index (χ4n) is 3.95. The Bertz CT molecular complexity index is 1200. The molecule has 3 heterocycles. The first-order chi connectivity index (χ1) is 15.8. The van der Waals surface area contributed by atoms with Gasteiger partial charge < -0.3 is 10.1 Å². The van der Waals surface area contributed by atoms with E-state index >= 15 is 0 Å². The van der Waals surface area contributed by atoms with Gasteiger partial charge in [-0.25, -0.2) is 9.97 Å². The number of carbonyl (C=O) groups is 1. The summed E-state index contributed by atoms with van der Waals surface area (Å²) >= 11 is 0. The van der Waals surface area contributed by atoms with E-state index in [1.165, 1.54) is 0 Å². The Kier molecular flexibility index (Phi) is 5.91. The van der Waals surface area contributed by atoms with Crippen molar-refractivity contribution in [1.82, 2.24) is 24.8 Å². The van der Waals surface area contributed by atoms with Gasteiger partial charge in [-0.15, -0.1) is 0 Å². The maximum Gasteiger partial charge on any atom is 0.251 e. The van der Waals surface area contributed by atoms with Crippen LogP contribution in [-0.2, 0) is 4.74 Å². The van der Waals surface area contributed by atoms with E-state index < -0.39 is 0 Å². The summed E-state index contributed by atoms with van der Waals surface area (Å²) in [5, 5.41) is 3.01. The van der Waals surface area contributed by atoms with Crippen LogP contribution >= 0.6 is 0 Å². The van der Waals surface area contributed by atoms with Gasteiger partial charge in [-0.3, -0.25) is 14.3 Å². The molecule has 0 atom stereocenters. The smallest absolute Gasteiger partial charge is 0.251 e. The zero-order chi connectivity index (χ0) is 21.8. The van der Waals surface area contributed by atoms with Gasteiger partial charge in [0.1, 0.15) is 11.3 Å². The van der Waals surface area contributed by atoms with Crippen LogP contribution in [0.3, 0.4) is 0 Å². The monoisotopic (exact) mass is 427 g/mol. The molecule has 7 heteroatoms.